The SMILES string of the molecule is CCc1noc(C2(O)CCN(S(=O)(=O)c3cc(Cl)cc4c3OCC4)C2)n1. The Morgan fingerprint density at radius 1 is 1.42 bits per heavy atom. The standard InChI is InChI=1S/C16H18ClN3O5S/c1-2-13-18-15(25-19-13)16(21)4-5-20(9-16)26(22,23)12-8-11(17)7-10-3-6-24-14(10)12/h7-8,21H,2-6,9H2,1H3. The molecule has 2 aliphatic rings. The van der Waals surface area contributed by atoms with Gasteiger partial charge in [0, 0.05) is 36.4 Å². The summed E-state index contributed by atoms with van der Waals surface area (Å²) < 4.78 is 38.1. The van der Waals surface area contributed by atoms with Crippen LogP contribution in [-0.2, 0) is 28.5 Å². The molecule has 0 amide bonds. The minimum absolute atomic E-state index is 0.0292. The van der Waals surface area contributed by atoms with Gasteiger partial charge in [0.05, 0.1) is 13.2 Å². The van der Waals surface area contributed by atoms with E-state index in [-0.39, 0.29) is 30.3 Å². The number of hydrogen-bond acceptors (Lipinski definition) is 7. The monoisotopic (exact) mass is 399 g/mol. The van der Waals surface area contributed by atoms with Crippen LogP contribution in [0, 0.1) is 0 Å². The largest absolute Gasteiger partial charge is 0.492 e. The Kier molecular flexibility index (Phi) is 4.22. The lowest BCUT2D eigenvalue weighted by molar-refractivity contribution is 0.0194. The lowest BCUT2D eigenvalue weighted by atomic mass is 10.0. The lowest BCUT2D eigenvalue weighted by Crippen LogP contribution is -2.34. The number of aryl methyl sites for hydroxylation is 1. The molecule has 0 saturated carbocycles. The van der Waals surface area contributed by atoms with Gasteiger partial charge in [0.25, 0.3) is 5.89 Å². The van der Waals surface area contributed by atoms with Crippen LogP contribution in [0.4, 0.5) is 0 Å². The van der Waals surface area contributed by atoms with Crippen molar-refractivity contribution < 1.29 is 22.8 Å². The number of β-amino-alcohol motifs (C(OH)–C–C–N with tert-alkyl or cyclic N) is 1. The number of aliphatic hydroxyl groups is 1. The van der Waals surface area contributed by atoms with Gasteiger partial charge in [-0.2, -0.15) is 9.29 Å². The molecule has 1 N–H and O–H groups in total. The first-order chi connectivity index (χ1) is 12.3. The van der Waals surface area contributed by atoms with Gasteiger partial charge in [-0.25, -0.2) is 8.42 Å². The highest BCUT2D eigenvalue weighted by molar-refractivity contribution is 7.89. The van der Waals surface area contributed by atoms with E-state index in [1.165, 1.54) is 10.4 Å². The lowest BCUT2D eigenvalue weighted by Gasteiger charge is -2.20. The van der Waals surface area contributed by atoms with Crippen LogP contribution in [0.25, 0.3) is 0 Å². The molecule has 3 heterocycles. The van der Waals surface area contributed by atoms with Crippen LogP contribution in [0.15, 0.2) is 21.6 Å². The van der Waals surface area contributed by atoms with Crippen LogP contribution < -0.4 is 4.74 Å². The molecule has 4 rings (SSSR count). The van der Waals surface area contributed by atoms with Crippen molar-refractivity contribution in [3.05, 3.63) is 34.4 Å². The zero-order valence-electron chi connectivity index (χ0n) is 14.1. The zero-order chi connectivity index (χ0) is 18.5. The van der Waals surface area contributed by atoms with Crippen LogP contribution in [0.2, 0.25) is 5.02 Å². The quantitative estimate of drug-likeness (QED) is 0.830. The number of aromatic nitrogens is 2. The minimum Gasteiger partial charge on any atom is -0.492 e. The maximum Gasteiger partial charge on any atom is 0.260 e. The van der Waals surface area contributed by atoms with Gasteiger partial charge in [-0.3, -0.25) is 0 Å². The second-order valence-corrected chi connectivity index (χ2v) is 8.82. The van der Waals surface area contributed by atoms with E-state index in [1.54, 1.807) is 6.07 Å². The average Bonchev–Trinajstić information content (AvgIpc) is 3.33. The zero-order valence-corrected chi connectivity index (χ0v) is 15.7. The van der Waals surface area contributed by atoms with Crippen molar-refractivity contribution in [3.63, 3.8) is 0 Å². The molecule has 0 bridgehead atoms. The molecule has 1 fully saturated rings. The molecular formula is C16H18ClN3O5S. The molecule has 1 atom stereocenters. The first-order valence-corrected chi connectivity index (χ1v) is 10.2. The summed E-state index contributed by atoms with van der Waals surface area (Å²) in [6.07, 6.45) is 1.35. The third-order valence-corrected chi connectivity index (χ3v) is 6.80. The fourth-order valence-corrected chi connectivity index (χ4v) is 5.29. The number of benzene rings is 1. The molecule has 2 aromatic rings. The number of rotatable bonds is 4. The first kappa shape index (κ1) is 17.7. The van der Waals surface area contributed by atoms with E-state index < -0.39 is 15.6 Å². The van der Waals surface area contributed by atoms with E-state index in [1.807, 2.05) is 6.92 Å². The molecule has 1 saturated heterocycles. The van der Waals surface area contributed by atoms with Gasteiger partial charge in [0.2, 0.25) is 10.0 Å². The highest BCUT2D eigenvalue weighted by Crippen LogP contribution is 2.40. The van der Waals surface area contributed by atoms with E-state index >= 15 is 0 Å². The van der Waals surface area contributed by atoms with Gasteiger partial charge in [-0.05, 0) is 12.1 Å². The number of fused-ring (bicyclic) bond motifs is 1. The van der Waals surface area contributed by atoms with Crippen LogP contribution in [0.1, 0.15) is 30.6 Å². The smallest absolute Gasteiger partial charge is 0.260 e. The predicted octanol–water partition coefficient (Wildman–Crippen LogP) is 1.50. The van der Waals surface area contributed by atoms with Gasteiger partial charge >= 0.3 is 0 Å². The number of hydrogen-bond donors (Lipinski definition) is 1. The average molecular weight is 400 g/mol. The fraction of sp³-hybridized carbons (Fsp3) is 0.500. The first-order valence-electron chi connectivity index (χ1n) is 8.34. The van der Waals surface area contributed by atoms with E-state index in [9.17, 15) is 13.5 Å². The maximum atomic E-state index is 13.1. The summed E-state index contributed by atoms with van der Waals surface area (Å²) in [5, 5.41) is 15.0. The summed E-state index contributed by atoms with van der Waals surface area (Å²) >= 11 is 6.09. The maximum absolute atomic E-state index is 13.1. The van der Waals surface area contributed by atoms with Crippen molar-refractivity contribution in [2.75, 3.05) is 19.7 Å². The minimum atomic E-state index is -3.89. The van der Waals surface area contributed by atoms with Crippen LogP contribution in [0.3, 0.4) is 0 Å². The Hall–Kier alpha value is -1.68. The molecule has 2 aliphatic heterocycles. The molecule has 10 heteroatoms. The molecule has 26 heavy (non-hydrogen) atoms. The van der Waals surface area contributed by atoms with Gasteiger partial charge < -0.3 is 14.4 Å². The molecule has 0 spiro atoms. The van der Waals surface area contributed by atoms with Gasteiger partial charge in [0.15, 0.2) is 11.4 Å². The number of ether oxygens (including phenoxy) is 1. The van der Waals surface area contributed by atoms with Gasteiger partial charge in [-0.1, -0.05) is 23.7 Å². The van der Waals surface area contributed by atoms with Gasteiger partial charge in [-0.15, -0.1) is 0 Å². The molecule has 1 unspecified atom stereocenters. The predicted molar refractivity (Wildman–Crippen MR) is 91.6 cm³/mol. The van der Waals surface area contributed by atoms with E-state index in [0.717, 1.165) is 5.56 Å². The van der Waals surface area contributed by atoms with Crippen molar-refractivity contribution in [1.29, 1.82) is 0 Å². The fourth-order valence-electron chi connectivity index (χ4n) is 3.29. The van der Waals surface area contributed by atoms with E-state index in [2.05, 4.69) is 10.1 Å². The Bertz CT molecular complexity index is 961. The summed E-state index contributed by atoms with van der Waals surface area (Å²) in [6, 6.07) is 3.11. The second kappa shape index (κ2) is 6.19. The number of halogens is 1. The highest BCUT2D eigenvalue weighted by Gasteiger charge is 2.47. The summed E-state index contributed by atoms with van der Waals surface area (Å²) in [4.78, 5) is 4.18. The Morgan fingerprint density at radius 3 is 2.96 bits per heavy atom. The molecule has 1 aromatic heterocycles. The van der Waals surface area contributed by atoms with Crippen molar-refractivity contribution in [1.82, 2.24) is 14.4 Å². The van der Waals surface area contributed by atoms with Crippen LogP contribution >= 0.6 is 11.6 Å². The Morgan fingerprint density at radius 2 is 2.23 bits per heavy atom. The van der Waals surface area contributed by atoms with Gasteiger partial charge in [0.1, 0.15) is 10.6 Å². The summed E-state index contributed by atoms with van der Waals surface area (Å²) in [5.74, 6) is 0.853. The number of sulfonamides is 1. The third-order valence-electron chi connectivity index (χ3n) is 4.73. The number of nitrogens with zero attached hydrogens (tertiary/aromatic N) is 3. The summed E-state index contributed by atoms with van der Waals surface area (Å²) in [6.45, 7) is 2.25. The second-order valence-electron chi connectivity index (χ2n) is 6.48. The molecule has 0 aliphatic carbocycles. The van der Waals surface area contributed by atoms with Crippen molar-refractivity contribution >= 4 is 21.6 Å². The summed E-state index contributed by atoms with van der Waals surface area (Å²) in [7, 11) is -3.89. The Balaban J connectivity index is 1.66. The van der Waals surface area contributed by atoms with E-state index in [4.69, 9.17) is 20.9 Å². The normalized spacial score (nSPS) is 23.2. The molecule has 140 valence electrons. The topological polar surface area (TPSA) is 106 Å². The molecular weight excluding hydrogens is 382 g/mol. The van der Waals surface area contributed by atoms with Crippen molar-refractivity contribution in [2.24, 2.45) is 0 Å². The summed E-state index contributed by atoms with van der Waals surface area (Å²) in [5.41, 5.74) is -0.731. The van der Waals surface area contributed by atoms with Crippen LogP contribution in [0.5, 0.6) is 5.75 Å². The van der Waals surface area contributed by atoms with Crippen LogP contribution in [-0.4, -0.2) is 47.7 Å². The van der Waals surface area contributed by atoms with Crippen molar-refractivity contribution in [2.45, 2.75) is 36.7 Å². The molecule has 0 radical (unpaired) electrons. The molecule has 1 aromatic carbocycles. The van der Waals surface area contributed by atoms with E-state index in [0.29, 0.717) is 36.0 Å². The van der Waals surface area contributed by atoms with Crippen molar-refractivity contribution in [3.8, 4) is 5.75 Å². The Labute approximate surface area is 155 Å². The third kappa shape index (κ3) is 2.79. The highest BCUT2D eigenvalue weighted by atomic mass is 35.5. The molecule has 8 nitrogen and oxygen atoms in total.